The number of esters is 3. The third kappa shape index (κ3) is 2.65. The topological polar surface area (TPSA) is 99.1 Å². The molecule has 3 aliphatic rings. The molecular weight excluding hydrogens is 304 g/mol. The van der Waals surface area contributed by atoms with Crippen molar-refractivity contribution in [2.24, 2.45) is 11.8 Å². The van der Waals surface area contributed by atoms with Crippen LogP contribution < -0.4 is 0 Å². The van der Waals surface area contributed by atoms with E-state index in [0.717, 1.165) is 0 Å². The summed E-state index contributed by atoms with van der Waals surface area (Å²) >= 11 is 0. The van der Waals surface area contributed by atoms with Gasteiger partial charge in [0, 0.05) is 18.9 Å². The number of fused-ring (bicyclic) bond motifs is 4. The van der Waals surface area contributed by atoms with Gasteiger partial charge < -0.3 is 19.3 Å². The third-order valence-corrected chi connectivity index (χ3v) is 4.59. The zero-order valence-corrected chi connectivity index (χ0v) is 12.7. The second-order valence-electron chi connectivity index (χ2n) is 6.02. The molecule has 7 nitrogen and oxygen atoms in total. The van der Waals surface area contributed by atoms with Gasteiger partial charge in [-0.05, 0) is 18.4 Å². The first-order valence-corrected chi connectivity index (χ1v) is 7.53. The minimum Gasteiger partial charge on any atom is -0.462 e. The highest BCUT2D eigenvalue weighted by atomic mass is 16.6. The van der Waals surface area contributed by atoms with Gasteiger partial charge in [0.05, 0.1) is 18.4 Å². The molecule has 2 saturated heterocycles. The lowest BCUT2D eigenvalue weighted by Crippen LogP contribution is -2.29. The van der Waals surface area contributed by atoms with Crippen LogP contribution in [0.4, 0.5) is 0 Å². The van der Waals surface area contributed by atoms with Crippen molar-refractivity contribution in [3.63, 3.8) is 0 Å². The maximum absolute atomic E-state index is 12.2. The van der Waals surface area contributed by atoms with Crippen LogP contribution in [0.2, 0.25) is 0 Å². The average molecular weight is 322 g/mol. The number of aliphatic hydroxyl groups excluding tert-OH is 1. The molecular formula is C16H18O7. The average Bonchev–Trinajstić information content (AvgIpc) is 3.00. The second kappa shape index (κ2) is 5.81. The first-order chi connectivity index (χ1) is 10.9. The fraction of sp³-hybridized carbons (Fsp3) is 0.562. The molecule has 0 radical (unpaired) electrons. The summed E-state index contributed by atoms with van der Waals surface area (Å²) in [6, 6.07) is 0. The van der Waals surface area contributed by atoms with Gasteiger partial charge in [-0.2, -0.15) is 0 Å². The van der Waals surface area contributed by atoms with E-state index in [9.17, 15) is 19.5 Å². The van der Waals surface area contributed by atoms with Crippen molar-refractivity contribution in [2.45, 2.75) is 38.4 Å². The monoisotopic (exact) mass is 322 g/mol. The standard InChI is InChI=1S/C16H18O7/c1-7-13-12-5-10(16(20)22-12)11(21-8(2)18)4-3-9(6-17)14(13)23-15(7)19/h10-13,17H,1,3-6H2,2H3/b14-9-/t10?,11-,12+,13-/m0/s1. The van der Waals surface area contributed by atoms with Gasteiger partial charge in [0.25, 0.3) is 0 Å². The lowest BCUT2D eigenvalue weighted by atomic mass is 9.88. The van der Waals surface area contributed by atoms with Crippen molar-refractivity contribution < 1.29 is 33.7 Å². The Morgan fingerprint density at radius 1 is 1.43 bits per heavy atom. The molecule has 0 spiro atoms. The van der Waals surface area contributed by atoms with E-state index in [1.165, 1.54) is 6.92 Å². The zero-order chi connectivity index (χ0) is 16.7. The molecule has 1 aliphatic carbocycles. The molecule has 7 heteroatoms. The lowest BCUT2D eigenvalue weighted by Gasteiger charge is -2.21. The summed E-state index contributed by atoms with van der Waals surface area (Å²) in [7, 11) is 0. The van der Waals surface area contributed by atoms with E-state index in [0.29, 0.717) is 30.6 Å². The highest BCUT2D eigenvalue weighted by molar-refractivity contribution is 5.93. The lowest BCUT2D eigenvalue weighted by molar-refractivity contribution is -0.156. The van der Waals surface area contributed by atoms with Crippen LogP contribution in [-0.2, 0) is 28.6 Å². The molecule has 0 aromatic heterocycles. The van der Waals surface area contributed by atoms with Crippen LogP contribution in [0.3, 0.4) is 0 Å². The van der Waals surface area contributed by atoms with Crippen LogP contribution in [0.5, 0.6) is 0 Å². The van der Waals surface area contributed by atoms with E-state index in [1.807, 2.05) is 0 Å². The smallest absolute Gasteiger partial charge is 0.339 e. The van der Waals surface area contributed by atoms with Crippen LogP contribution in [0, 0.1) is 11.8 Å². The molecule has 0 saturated carbocycles. The van der Waals surface area contributed by atoms with Crippen molar-refractivity contribution in [1.29, 1.82) is 0 Å². The van der Waals surface area contributed by atoms with E-state index in [4.69, 9.17) is 14.2 Å². The molecule has 2 fully saturated rings. The molecule has 2 aliphatic heterocycles. The Balaban J connectivity index is 2.00. The Hall–Kier alpha value is -2.15. The van der Waals surface area contributed by atoms with Crippen molar-refractivity contribution in [3.8, 4) is 0 Å². The maximum Gasteiger partial charge on any atom is 0.339 e. The molecule has 0 aromatic rings. The summed E-state index contributed by atoms with van der Waals surface area (Å²) in [6.45, 7) is 4.73. The van der Waals surface area contributed by atoms with Crippen molar-refractivity contribution in [3.05, 3.63) is 23.5 Å². The normalized spacial score (nSPS) is 36.5. The molecule has 3 rings (SSSR count). The van der Waals surface area contributed by atoms with Gasteiger partial charge in [-0.25, -0.2) is 4.79 Å². The van der Waals surface area contributed by atoms with Crippen molar-refractivity contribution >= 4 is 17.9 Å². The fourth-order valence-electron chi connectivity index (χ4n) is 3.49. The van der Waals surface area contributed by atoms with Gasteiger partial charge in [0.1, 0.15) is 18.0 Å². The second-order valence-corrected chi connectivity index (χ2v) is 6.02. The van der Waals surface area contributed by atoms with Crippen molar-refractivity contribution in [2.75, 3.05) is 6.61 Å². The Labute approximate surface area is 132 Å². The molecule has 0 aromatic carbocycles. The summed E-state index contributed by atoms with van der Waals surface area (Å²) in [5, 5.41) is 9.62. The van der Waals surface area contributed by atoms with Gasteiger partial charge >= 0.3 is 17.9 Å². The zero-order valence-electron chi connectivity index (χ0n) is 12.7. The molecule has 0 amide bonds. The molecule has 2 bridgehead atoms. The highest BCUT2D eigenvalue weighted by Gasteiger charge is 2.51. The van der Waals surface area contributed by atoms with Crippen LogP contribution in [-0.4, -0.2) is 41.8 Å². The van der Waals surface area contributed by atoms with Crippen molar-refractivity contribution in [1.82, 2.24) is 0 Å². The van der Waals surface area contributed by atoms with Crippen LogP contribution >= 0.6 is 0 Å². The largest absolute Gasteiger partial charge is 0.462 e. The summed E-state index contributed by atoms with van der Waals surface area (Å²) in [6.07, 6.45) is -0.187. The van der Waals surface area contributed by atoms with Gasteiger partial charge in [0.15, 0.2) is 0 Å². The predicted molar refractivity (Wildman–Crippen MR) is 75.6 cm³/mol. The van der Waals surface area contributed by atoms with E-state index in [-0.39, 0.29) is 12.2 Å². The number of hydrogen-bond acceptors (Lipinski definition) is 7. The molecule has 1 N–H and O–H groups in total. The quantitative estimate of drug-likeness (QED) is 0.452. The first kappa shape index (κ1) is 15.7. The Bertz CT molecular complexity index is 618. The number of carbonyl (C=O) groups excluding carboxylic acids is 3. The van der Waals surface area contributed by atoms with Gasteiger partial charge in [-0.1, -0.05) is 6.58 Å². The summed E-state index contributed by atoms with van der Waals surface area (Å²) in [5.41, 5.74) is 0.762. The van der Waals surface area contributed by atoms with E-state index >= 15 is 0 Å². The van der Waals surface area contributed by atoms with Gasteiger partial charge in [-0.3, -0.25) is 9.59 Å². The predicted octanol–water partition coefficient (Wildman–Crippen LogP) is 0.619. The molecule has 23 heavy (non-hydrogen) atoms. The van der Waals surface area contributed by atoms with E-state index in [2.05, 4.69) is 6.58 Å². The van der Waals surface area contributed by atoms with Crippen LogP contribution in [0.15, 0.2) is 23.5 Å². The summed E-state index contributed by atoms with van der Waals surface area (Å²) < 4.78 is 15.9. The summed E-state index contributed by atoms with van der Waals surface area (Å²) in [5.74, 6) is -2.31. The number of rotatable bonds is 2. The minimum atomic E-state index is -0.616. The van der Waals surface area contributed by atoms with Crippen LogP contribution in [0.1, 0.15) is 26.2 Å². The molecule has 4 atom stereocenters. The Morgan fingerprint density at radius 2 is 2.17 bits per heavy atom. The Kier molecular flexibility index (Phi) is 3.97. The number of ether oxygens (including phenoxy) is 3. The Morgan fingerprint density at radius 3 is 2.83 bits per heavy atom. The highest BCUT2D eigenvalue weighted by Crippen LogP contribution is 2.44. The number of carbonyl (C=O) groups is 3. The number of hydrogen-bond donors (Lipinski definition) is 1. The minimum absolute atomic E-state index is 0.218. The molecule has 124 valence electrons. The maximum atomic E-state index is 12.2. The van der Waals surface area contributed by atoms with Gasteiger partial charge in [-0.15, -0.1) is 0 Å². The fourth-order valence-corrected chi connectivity index (χ4v) is 3.49. The SMILES string of the molecule is C=C1C(=O)O/C2=C(\CO)CC[C@H](OC(C)=O)C3C[C@@H](OC3=O)[C@H]12. The molecule has 1 unspecified atom stereocenters. The van der Waals surface area contributed by atoms with E-state index in [1.54, 1.807) is 0 Å². The summed E-state index contributed by atoms with van der Waals surface area (Å²) in [4.78, 5) is 35.3. The van der Waals surface area contributed by atoms with Crippen LogP contribution in [0.25, 0.3) is 0 Å². The first-order valence-electron chi connectivity index (χ1n) is 7.53. The molecule has 2 heterocycles. The third-order valence-electron chi connectivity index (χ3n) is 4.59. The van der Waals surface area contributed by atoms with E-state index < -0.39 is 42.0 Å². The van der Waals surface area contributed by atoms with Gasteiger partial charge in [0.2, 0.25) is 0 Å². The number of aliphatic hydroxyl groups is 1.